The van der Waals surface area contributed by atoms with Crippen molar-refractivity contribution in [3.63, 3.8) is 0 Å². The van der Waals surface area contributed by atoms with Gasteiger partial charge in [-0.25, -0.2) is 4.98 Å². The normalized spacial score (nSPS) is 13.3. The summed E-state index contributed by atoms with van der Waals surface area (Å²) in [6, 6.07) is 18.2. The maximum absolute atomic E-state index is 13.1. The Kier molecular flexibility index (Phi) is 5.97. The van der Waals surface area contributed by atoms with Crippen LogP contribution in [0.5, 0.6) is 0 Å². The predicted molar refractivity (Wildman–Crippen MR) is 121 cm³/mol. The standard InChI is InChI=1S/C25H26N4O/c1-27(2)22-12-10-21(11-13-22)17-29-19-26-24-14-16-28(18-23(24)25(29)30)15-6-9-20-7-4-3-5-8-20/h3-5,7-8,10-13,19H,14-18H2,1-2H3. The van der Waals surface area contributed by atoms with Crippen LogP contribution >= 0.6 is 0 Å². The minimum absolute atomic E-state index is 0.0532. The molecule has 0 fully saturated rings. The average Bonchev–Trinajstić information content (AvgIpc) is 2.77. The second-order valence-corrected chi connectivity index (χ2v) is 7.79. The number of aromatic nitrogens is 2. The minimum atomic E-state index is 0.0532. The van der Waals surface area contributed by atoms with Crippen molar-refractivity contribution in [2.24, 2.45) is 0 Å². The predicted octanol–water partition coefficient (Wildman–Crippen LogP) is 2.77. The summed E-state index contributed by atoms with van der Waals surface area (Å²) in [5.41, 5.74) is 5.02. The quantitative estimate of drug-likeness (QED) is 0.634. The lowest BCUT2D eigenvalue weighted by molar-refractivity contribution is 0.280. The Bertz CT molecular complexity index is 1120. The molecule has 152 valence electrons. The highest BCUT2D eigenvalue weighted by molar-refractivity contribution is 5.46. The number of anilines is 1. The van der Waals surface area contributed by atoms with Gasteiger partial charge in [-0.3, -0.25) is 14.3 Å². The van der Waals surface area contributed by atoms with E-state index in [-0.39, 0.29) is 5.56 Å². The first-order valence-corrected chi connectivity index (χ1v) is 10.2. The van der Waals surface area contributed by atoms with Gasteiger partial charge in [0.15, 0.2) is 0 Å². The number of fused-ring (bicyclic) bond motifs is 1. The van der Waals surface area contributed by atoms with Gasteiger partial charge < -0.3 is 4.90 Å². The first-order valence-electron chi connectivity index (χ1n) is 10.2. The highest BCUT2D eigenvalue weighted by atomic mass is 16.1. The lowest BCUT2D eigenvalue weighted by Crippen LogP contribution is -2.38. The first kappa shape index (κ1) is 19.9. The summed E-state index contributed by atoms with van der Waals surface area (Å²) in [6.45, 7) is 2.65. The van der Waals surface area contributed by atoms with Gasteiger partial charge in [0.1, 0.15) is 0 Å². The van der Waals surface area contributed by atoms with Crippen molar-refractivity contribution < 1.29 is 0 Å². The molecule has 0 amide bonds. The molecule has 1 aromatic heterocycles. The van der Waals surface area contributed by atoms with E-state index in [2.05, 4.69) is 50.9 Å². The molecule has 0 atom stereocenters. The summed E-state index contributed by atoms with van der Waals surface area (Å²) in [4.78, 5) is 21.9. The van der Waals surface area contributed by atoms with Gasteiger partial charge in [-0.05, 0) is 29.8 Å². The van der Waals surface area contributed by atoms with Crippen LogP contribution in [0.15, 0.2) is 65.7 Å². The Morgan fingerprint density at radius 3 is 2.57 bits per heavy atom. The van der Waals surface area contributed by atoms with E-state index in [1.54, 1.807) is 10.9 Å². The van der Waals surface area contributed by atoms with Crippen LogP contribution in [0.3, 0.4) is 0 Å². The summed E-state index contributed by atoms with van der Waals surface area (Å²) in [7, 11) is 4.03. The Balaban J connectivity index is 1.47. The first-order chi connectivity index (χ1) is 14.6. The Labute approximate surface area is 177 Å². The molecule has 30 heavy (non-hydrogen) atoms. The number of hydrogen-bond donors (Lipinski definition) is 0. The van der Waals surface area contributed by atoms with Crippen LogP contribution in [0.1, 0.15) is 22.4 Å². The zero-order valence-electron chi connectivity index (χ0n) is 17.5. The van der Waals surface area contributed by atoms with Gasteiger partial charge in [-0.1, -0.05) is 42.2 Å². The fraction of sp³-hybridized carbons (Fsp3) is 0.280. The minimum Gasteiger partial charge on any atom is -0.378 e. The summed E-state index contributed by atoms with van der Waals surface area (Å²) in [5, 5.41) is 0. The molecule has 3 aromatic rings. The van der Waals surface area contributed by atoms with Gasteiger partial charge in [0.2, 0.25) is 0 Å². The molecule has 5 heteroatoms. The zero-order valence-corrected chi connectivity index (χ0v) is 17.5. The maximum Gasteiger partial charge on any atom is 0.258 e. The third-order valence-electron chi connectivity index (χ3n) is 5.38. The van der Waals surface area contributed by atoms with Crippen molar-refractivity contribution in [1.82, 2.24) is 14.5 Å². The molecular formula is C25H26N4O. The van der Waals surface area contributed by atoms with Gasteiger partial charge in [-0.15, -0.1) is 0 Å². The van der Waals surface area contributed by atoms with Crippen molar-refractivity contribution in [2.45, 2.75) is 19.5 Å². The molecule has 0 bridgehead atoms. The Morgan fingerprint density at radius 2 is 1.83 bits per heavy atom. The summed E-state index contributed by atoms with van der Waals surface area (Å²) >= 11 is 0. The Hall–Kier alpha value is -3.36. The molecule has 2 aromatic carbocycles. The smallest absolute Gasteiger partial charge is 0.258 e. The Morgan fingerprint density at radius 1 is 1.07 bits per heavy atom. The third-order valence-corrected chi connectivity index (χ3v) is 5.38. The van der Waals surface area contributed by atoms with Crippen LogP contribution in [-0.4, -0.2) is 41.6 Å². The number of nitrogens with zero attached hydrogens (tertiary/aromatic N) is 4. The largest absolute Gasteiger partial charge is 0.378 e. The van der Waals surface area contributed by atoms with Crippen LogP contribution in [0.25, 0.3) is 0 Å². The number of hydrogen-bond acceptors (Lipinski definition) is 4. The zero-order chi connectivity index (χ0) is 20.9. The van der Waals surface area contributed by atoms with Gasteiger partial charge in [0.05, 0.1) is 30.7 Å². The van der Waals surface area contributed by atoms with Crippen LogP contribution in [0, 0.1) is 11.8 Å². The summed E-state index contributed by atoms with van der Waals surface area (Å²) < 4.78 is 1.71. The van der Waals surface area contributed by atoms with Crippen LogP contribution in [0.4, 0.5) is 5.69 Å². The lowest BCUT2D eigenvalue weighted by atomic mass is 10.1. The molecule has 0 spiro atoms. The number of rotatable bonds is 4. The molecule has 0 radical (unpaired) electrons. The van der Waals surface area contributed by atoms with Crippen molar-refractivity contribution >= 4 is 5.69 Å². The second kappa shape index (κ2) is 8.98. The van der Waals surface area contributed by atoms with Crippen LogP contribution in [-0.2, 0) is 19.5 Å². The summed E-state index contributed by atoms with van der Waals surface area (Å²) in [6.07, 6.45) is 2.47. The van der Waals surface area contributed by atoms with E-state index in [1.807, 2.05) is 44.4 Å². The molecule has 1 aliphatic heterocycles. The topological polar surface area (TPSA) is 41.4 Å². The van der Waals surface area contributed by atoms with E-state index >= 15 is 0 Å². The van der Waals surface area contributed by atoms with E-state index in [0.29, 0.717) is 19.6 Å². The number of benzene rings is 2. The van der Waals surface area contributed by atoms with Gasteiger partial charge in [0.25, 0.3) is 5.56 Å². The second-order valence-electron chi connectivity index (χ2n) is 7.79. The summed E-state index contributed by atoms with van der Waals surface area (Å²) in [5.74, 6) is 6.43. The lowest BCUT2D eigenvalue weighted by Gasteiger charge is -2.26. The van der Waals surface area contributed by atoms with Crippen molar-refractivity contribution in [2.75, 3.05) is 32.1 Å². The van der Waals surface area contributed by atoms with E-state index in [9.17, 15) is 4.79 Å². The monoisotopic (exact) mass is 398 g/mol. The molecule has 5 nitrogen and oxygen atoms in total. The molecule has 1 aliphatic rings. The molecule has 2 heterocycles. The van der Waals surface area contributed by atoms with E-state index in [1.165, 1.54) is 0 Å². The molecule has 0 aliphatic carbocycles. The van der Waals surface area contributed by atoms with Gasteiger partial charge in [0, 0.05) is 44.9 Å². The van der Waals surface area contributed by atoms with Crippen molar-refractivity contribution in [3.05, 3.63) is 93.7 Å². The van der Waals surface area contributed by atoms with Crippen molar-refractivity contribution in [3.8, 4) is 11.8 Å². The van der Waals surface area contributed by atoms with Crippen LogP contribution < -0.4 is 10.5 Å². The van der Waals surface area contributed by atoms with Gasteiger partial charge in [-0.2, -0.15) is 0 Å². The molecule has 0 saturated heterocycles. The van der Waals surface area contributed by atoms with Crippen LogP contribution in [0.2, 0.25) is 0 Å². The third kappa shape index (κ3) is 4.61. The van der Waals surface area contributed by atoms with E-state index < -0.39 is 0 Å². The fourth-order valence-electron chi connectivity index (χ4n) is 3.63. The average molecular weight is 399 g/mol. The molecule has 0 unspecified atom stereocenters. The maximum atomic E-state index is 13.1. The molecular weight excluding hydrogens is 372 g/mol. The highest BCUT2D eigenvalue weighted by Crippen LogP contribution is 2.15. The van der Waals surface area contributed by atoms with Crippen molar-refractivity contribution in [1.29, 1.82) is 0 Å². The highest BCUT2D eigenvalue weighted by Gasteiger charge is 2.20. The van der Waals surface area contributed by atoms with E-state index in [0.717, 1.165) is 41.0 Å². The van der Waals surface area contributed by atoms with E-state index in [4.69, 9.17) is 0 Å². The van der Waals surface area contributed by atoms with Gasteiger partial charge >= 0.3 is 0 Å². The SMILES string of the molecule is CN(C)c1ccc(Cn2cnc3c(c2=O)CN(CC#Cc2ccccc2)CC3)cc1. The molecule has 0 saturated carbocycles. The fourth-order valence-corrected chi connectivity index (χ4v) is 3.63. The molecule has 0 N–H and O–H groups in total. The molecule has 4 rings (SSSR count).